The van der Waals surface area contributed by atoms with E-state index >= 15 is 0 Å². The molecule has 0 N–H and O–H groups in total. The lowest BCUT2D eigenvalue weighted by Gasteiger charge is -2.12. The fraction of sp³-hybridized carbons (Fsp3) is 0.375. The van der Waals surface area contributed by atoms with Crippen LogP contribution in [0.4, 0.5) is 8.78 Å². The Kier molecular flexibility index (Phi) is 4.42. The largest absolute Gasteiger partial charge is 0.258 e. The summed E-state index contributed by atoms with van der Waals surface area (Å²) < 4.78 is 26.8. The molecule has 0 amide bonds. The Balaban J connectivity index is 2.15. The number of hydrogen-bond donors (Lipinski definition) is 0. The third kappa shape index (κ3) is 3.38. The van der Waals surface area contributed by atoms with Gasteiger partial charge >= 0.3 is 0 Å². The van der Waals surface area contributed by atoms with Crippen LogP contribution in [0.5, 0.6) is 0 Å². The molecule has 20 heavy (non-hydrogen) atoms. The van der Waals surface area contributed by atoms with Crippen LogP contribution in [-0.4, -0.2) is 9.97 Å². The highest BCUT2D eigenvalue weighted by Crippen LogP contribution is 2.21. The monoisotopic (exact) mass is 276 g/mol. The molecule has 1 atom stereocenters. The molecule has 0 bridgehead atoms. The van der Waals surface area contributed by atoms with Crippen LogP contribution in [0.1, 0.15) is 49.6 Å². The van der Waals surface area contributed by atoms with Crippen molar-refractivity contribution in [2.45, 2.75) is 39.0 Å². The summed E-state index contributed by atoms with van der Waals surface area (Å²) >= 11 is 0. The molecule has 0 saturated carbocycles. The first-order valence-corrected chi connectivity index (χ1v) is 6.74. The highest BCUT2D eigenvalue weighted by molar-refractivity contribution is 5.21. The third-order valence-electron chi connectivity index (χ3n) is 3.32. The highest BCUT2D eigenvalue weighted by Gasteiger charge is 2.13. The smallest absolute Gasteiger partial charge is 0.216 e. The zero-order valence-electron chi connectivity index (χ0n) is 11.9. The van der Waals surface area contributed by atoms with Crippen LogP contribution >= 0.6 is 0 Å². The maximum Gasteiger partial charge on any atom is 0.216 e. The summed E-state index contributed by atoms with van der Waals surface area (Å²) in [7, 11) is 0. The van der Waals surface area contributed by atoms with E-state index in [1.807, 2.05) is 26.8 Å². The highest BCUT2D eigenvalue weighted by atomic mass is 19.1. The van der Waals surface area contributed by atoms with Crippen LogP contribution in [0.25, 0.3) is 0 Å². The Bertz CT molecular complexity index is 580. The van der Waals surface area contributed by atoms with Crippen molar-refractivity contribution < 1.29 is 8.78 Å². The number of halogens is 2. The minimum atomic E-state index is -0.426. The van der Waals surface area contributed by atoms with Crippen molar-refractivity contribution in [1.29, 1.82) is 0 Å². The second-order valence-corrected chi connectivity index (χ2v) is 5.35. The van der Waals surface area contributed by atoms with E-state index in [0.29, 0.717) is 12.0 Å². The van der Waals surface area contributed by atoms with Gasteiger partial charge in [0.2, 0.25) is 5.95 Å². The molecule has 0 saturated heterocycles. The van der Waals surface area contributed by atoms with Crippen molar-refractivity contribution in [2.75, 3.05) is 0 Å². The second kappa shape index (κ2) is 6.07. The fourth-order valence-corrected chi connectivity index (χ4v) is 2.06. The third-order valence-corrected chi connectivity index (χ3v) is 3.32. The summed E-state index contributed by atoms with van der Waals surface area (Å²) in [6.45, 7) is 5.90. The van der Waals surface area contributed by atoms with Crippen LogP contribution in [0.15, 0.2) is 30.5 Å². The minimum absolute atomic E-state index is 0.0109. The Morgan fingerprint density at radius 3 is 2.25 bits per heavy atom. The number of nitrogens with zero attached hydrogens (tertiary/aromatic N) is 2. The van der Waals surface area contributed by atoms with E-state index in [9.17, 15) is 8.78 Å². The standard InChI is InChI=1S/C16H18F2N2/c1-10(2)14-6-4-12(16(18)20-14)8-11(3)15-7-5-13(17)9-19-15/h4-7,9-11H,8H2,1-3H3. The summed E-state index contributed by atoms with van der Waals surface area (Å²) in [4.78, 5) is 8.02. The zero-order valence-corrected chi connectivity index (χ0v) is 11.9. The molecule has 0 spiro atoms. The summed E-state index contributed by atoms with van der Waals surface area (Å²) in [6.07, 6.45) is 1.68. The van der Waals surface area contributed by atoms with Crippen LogP contribution in [0.2, 0.25) is 0 Å². The Hall–Kier alpha value is -1.84. The van der Waals surface area contributed by atoms with Gasteiger partial charge in [0.05, 0.1) is 6.20 Å². The average Bonchev–Trinajstić information content (AvgIpc) is 2.41. The molecule has 0 aliphatic heterocycles. The number of rotatable bonds is 4. The lowest BCUT2D eigenvalue weighted by atomic mass is 9.97. The zero-order chi connectivity index (χ0) is 14.7. The predicted molar refractivity (Wildman–Crippen MR) is 74.6 cm³/mol. The van der Waals surface area contributed by atoms with Gasteiger partial charge in [-0.15, -0.1) is 0 Å². The van der Waals surface area contributed by atoms with Gasteiger partial charge in [-0.3, -0.25) is 4.98 Å². The molecular weight excluding hydrogens is 258 g/mol. The molecule has 2 heterocycles. The van der Waals surface area contributed by atoms with Gasteiger partial charge in [-0.25, -0.2) is 9.37 Å². The van der Waals surface area contributed by atoms with Gasteiger partial charge in [0.15, 0.2) is 0 Å². The molecule has 4 heteroatoms. The molecule has 2 aromatic heterocycles. The Labute approximate surface area is 117 Å². The SMILES string of the molecule is CC(C)c1ccc(CC(C)c2ccc(F)cn2)c(F)n1. The van der Waals surface area contributed by atoms with Crippen LogP contribution in [0, 0.1) is 11.8 Å². The van der Waals surface area contributed by atoms with E-state index in [4.69, 9.17) is 0 Å². The van der Waals surface area contributed by atoms with Crippen molar-refractivity contribution >= 4 is 0 Å². The van der Waals surface area contributed by atoms with Gasteiger partial charge in [-0.1, -0.05) is 26.8 Å². The molecule has 1 unspecified atom stereocenters. The van der Waals surface area contributed by atoms with Crippen LogP contribution in [-0.2, 0) is 6.42 Å². The maximum absolute atomic E-state index is 14.0. The normalized spacial score (nSPS) is 12.7. The van der Waals surface area contributed by atoms with E-state index in [0.717, 1.165) is 11.4 Å². The van der Waals surface area contributed by atoms with E-state index in [-0.39, 0.29) is 17.7 Å². The van der Waals surface area contributed by atoms with Crippen molar-refractivity contribution in [3.8, 4) is 0 Å². The molecule has 2 nitrogen and oxygen atoms in total. The van der Waals surface area contributed by atoms with Crippen molar-refractivity contribution in [1.82, 2.24) is 9.97 Å². The first-order chi connectivity index (χ1) is 9.47. The Morgan fingerprint density at radius 1 is 1.00 bits per heavy atom. The molecule has 2 rings (SSSR count). The topological polar surface area (TPSA) is 25.8 Å². The quantitative estimate of drug-likeness (QED) is 0.781. The number of hydrogen-bond acceptors (Lipinski definition) is 2. The predicted octanol–water partition coefficient (Wildman–Crippen LogP) is 4.22. The minimum Gasteiger partial charge on any atom is -0.258 e. The molecule has 106 valence electrons. The van der Waals surface area contributed by atoms with E-state index in [1.165, 1.54) is 12.3 Å². The lowest BCUT2D eigenvalue weighted by Crippen LogP contribution is -2.05. The summed E-state index contributed by atoms with van der Waals surface area (Å²) in [5.41, 5.74) is 2.06. The first kappa shape index (κ1) is 14.6. The maximum atomic E-state index is 14.0. The summed E-state index contributed by atoms with van der Waals surface area (Å²) in [5, 5.41) is 0. The lowest BCUT2D eigenvalue weighted by molar-refractivity contribution is 0.545. The van der Waals surface area contributed by atoms with Crippen molar-refractivity contribution in [3.63, 3.8) is 0 Å². The van der Waals surface area contributed by atoms with Gasteiger partial charge in [-0.2, -0.15) is 4.39 Å². The van der Waals surface area contributed by atoms with Crippen LogP contribution in [0.3, 0.4) is 0 Å². The molecule has 0 aliphatic carbocycles. The Morgan fingerprint density at radius 2 is 1.70 bits per heavy atom. The van der Waals surface area contributed by atoms with Gasteiger partial charge in [0, 0.05) is 22.9 Å². The molecular formula is C16H18F2N2. The molecule has 2 aromatic rings. The van der Waals surface area contributed by atoms with Gasteiger partial charge in [-0.05, 0) is 30.5 Å². The van der Waals surface area contributed by atoms with E-state index < -0.39 is 5.95 Å². The summed E-state index contributed by atoms with van der Waals surface area (Å²) in [6, 6.07) is 6.63. The fourth-order valence-electron chi connectivity index (χ4n) is 2.06. The number of aromatic nitrogens is 2. The van der Waals surface area contributed by atoms with Crippen molar-refractivity contribution in [2.24, 2.45) is 0 Å². The van der Waals surface area contributed by atoms with Crippen molar-refractivity contribution in [3.05, 3.63) is 59.2 Å². The van der Waals surface area contributed by atoms with Gasteiger partial charge < -0.3 is 0 Å². The summed E-state index contributed by atoms with van der Waals surface area (Å²) in [5.74, 6) is -0.577. The first-order valence-electron chi connectivity index (χ1n) is 6.74. The van der Waals surface area contributed by atoms with E-state index in [2.05, 4.69) is 9.97 Å². The van der Waals surface area contributed by atoms with E-state index in [1.54, 1.807) is 12.1 Å². The molecule has 0 radical (unpaired) electrons. The average molecular weight is 276 g/mol. The second-order valence-electron chi connectivity index (χ2n) is 5.35. The molecule has 0 aromatic carbocycles. The molecule has 0 fully saturated rings. The van der Waals surface area contributed by atoms with Crippen LogP contribution < -0.4 is 0 Å². The van der Waals surface area contributed by atoms with Gasteiger partial charge in [0.25, 0.3) is 0 Å². The number of pyridine rings is 2. The van der Waals surface area contributed by atoms with Gasteiger partial charge in [0.1, 0.15) is 5.82 Å². The molecule has 0 aliphatic rings.